The number of nitrogens with two attached hydrogens (primary N) is 1. The molecule has 0 aromatic heterocycles. The Morgan fingerprint density at radius 1 is 1.10 bits per heavy atom. The fourth-order valence-electron chi connectivity index (χ4n) is 5.20. The van der Waals surface area contributed by atoms with Crippen molar-refractivity contribution in [3.05, 3.63) is 94.6 Å². The summed E-state index contributed by atoms with van der Waals surface area (Å²) in [5, 5.41) is 21.1. The summed E-state index contributed by atoms with van der Waals surface area (Å²) in [4.78, 5) is 0. The number of hydrogen-bond donors (Lipinski definition) is 3. The molecular weight excluding hydrogens is 370 g/mol. The third-order valence-corrected chi connectivity index (χ3v) is 6.72. The maximum absolute atomic E-state index is 10.6. The zero-order chi connectivity index (χ0) is 21.1. The standard InChI is InChI=1S/C27H33NO2/c1-18-3-2-4-21(11-18)14-24(29)9-10-25-26-15-22(13-23(26)16-27(25)30)12-19-5-7-20(17-28)8-6-19/h2-11,13,23-27,29-30H,12,14-17,28H2,1H3/t23-,24-,25+,26-,27+/m0/s1. The first-order valence-electron chi connectivity index (χ1n) is 11.1. The molecule has 2 aliphatic carbocycles. The van der Waals surface area contributed by atoms with Gasteiger partial charge in [0.25, 0.3) is 0 Å². The Labute approximate surface area is 180 Å². The highest BCUT2D eigenvalue weighted by molar-refractivity contribution is 5.30. The molecule has 0 bridgehead atoms. The van der Waals surface area contributed by atoms with Crippen LogP contribution < -0.4 is 5.73 Å². The van der Waals surface area contributed by atoms with E-state index in [0.29, 0.717) is 24.8 Å². The molecule has 0 radical (unpaired) electrons. The quantitative estimate of drug-likeness (QED) is 0.610. The zero-order valence-electron chi connectivity index (χ0n) is 17.7. The second kappa shape index (κ2) is 9.30. The van der Waals surface area contributed by atoms with E-state index >= 15 is 0 Å². The van der Waals surface area contributed by atoms with E-state index in [1.54, 1.807) is 0 Å². The zero-order valence-corrected chi connectivity index (χ0v) is 17.7. The SMILES string of the molecule is Cc1cccc(C[C@@H](O)C=C[C@@H]2[C@H]3CC(Cc4ccc(CN)cc4)=C[C@H]3C[C@H]2O)c1. The Balaban J connectivity index is 1.36. The lowest BCUT2D eigenvalue weighted by molar-refractivity contribution is 0.140. The summed E-state index contributed by atoms with van der Waals surface area (Å²) in [6.07, 6.45) is 8.95. The van der Waals surface area contributed by atoms with E-state index < -0.39 is 6.10 Å². The molecule has 3 heteroatoms. The summed E-state index contributed by atoms with van der Waals surface area (Å²) in [5.74, 6) is 1.01. The number of hydrogen-bond acceptors (Lipinski definition) is 3. The largest absolute Gasteiger partial charge is 0.392 e. The van der Waals surface area contributed by atoms with Crippen molar-refractivity contribution >= 4 is 0 Å². The number of aliphatic hydroxyl groups excluding tert-OH is 2. The van der Waals surface area contributed by atoms with Gasteiger partial charge < -0.3 is 15.9 Å². The van der Waals surface area contributed by atoms with Crippen LogP contribution in [0.4, 0.5) is 0 Å². The van der Waals surface area contributed by atoms with Crippen LogP contribution in [-0.4, -0.2) is 22.4 Å². The number of allylic oxidation sites excluding steroid dienone is 2. The van der Waals surface area contributed by atoms with Crippen molar-refractivity contribution in [2.45, 2.75) is 51.4 Å². The molecule has 4 rings (SSSR count). The lowest BCUT2D eigenvalue weighted by atomic mass is 9.88. The van der Waals surface area contributed by atoms with Crippen LogP contribution in [0.1, 0.15) is 35.1 Å². The number of fused-ring (bicyclic) bond motifs is 1. The van der Waals surface area contributed by atoms with Crippen molar-refractivity contribution in [3.8, 4) is 0 Å². The Kier molecular flexibility index (Phi) is 6.52. The molecule has 4 N–H and O–H groups in total. The number of aliphatic hydroxyl groups is 2. The van der Waals surface area contributed by atoms with Gasteiger partial charge in [0.2, 0.25) is 0 Å². The minimum absolute atomic E-state index is 0.121. The molecule has 1 fully saturated rings. The van der Waals surface area contributed by atoms with Crippen molar-refractivity contribution in [2.75, 3.05) is 0 Å². The molecule has 30 heavy (non-hydrogen) atoms. The van der Waals surface area contributed by atoms with E-state index in [9.17, 15) is 10.2 Å². The second-order valence-electron chi connectivity index (χ2n) is 9.08. The average Bonchev–Trinajstić information content (AvgIpc) is 3.23. The first-order chi connectivity index (χ1) is 14.5. The van der Waals surface area contributed by atoms with Gasteiger partial charge in [0.15, 0.2) is 0 Å². The van der Waals surface area contributed by atoms with Crippen LogP contribution in [0.3, 0.4) is 0 Å². The van der Waals surface area contributed by atoms with Crippen molar-refractivity contribution in [1.29, 1.82) is 0 Å². The molecule has 0 spiro atoms. The van der Waals surface area contributed by atoms with E-state index in [1.165, 1.54) is 16.7 Å². The minimum atomic E-state index is -0.520. The van der Waals surface area contributed by atoms with Gasteiger partial charge in [0.1, 0.15) is 0 Å². The van der Waals surface area contributed by atoms with Crippen LogP contribution in [-0.2, 0) is 19.4 Å². The highest BCUT2D eigenvalue weighted by Gasteiger charge is 2.43. The van der Waals surface area contributed by atoms with Gasteiger partial charge in [-0.2, -0.15) is 0 Å². The molecular formula is C27H33NO2. The molecule has 5 atom stereocenters. The van der Waals surface area contributed by atoms with Crippen LogP contribution in [0, 0.1) is 24.7 Å². The highest BCUT2D eigenvalue weighted by Crippen LogP contribution is 2.47. The number of benzene rings is 2. The Bertz CT molecular complexity index is 915. The molecule has 2 aliphatic rings. The van der Waals surface area contributed by atoms with Gasteiger partial charge in [0, 0.05) is 18.9 Å². The lowest BCUT2D eigenvalue weighted by Gasteiger charge is -2.19. The molecule has 2 aromatic rings. The Morgan fingerprint density at radius 2 is 1.87 bits per heavy atom. The van der Waals surface area contributed by atoms with Gasteiger partial charge in [0.05, 0.1) is 12.2 Å². The minimum Gasteiger partial charge on any atom is -0.392 e. The third kappa shape index (κ3) is 4.92. The van der Waals surface area contributed by atoms with E-state index in [1.807, 2.05) is 12.1 Å². The normalized spacial score (nSPS) is 26.7. The maximum Gasteiger partial charge on any atom is 0.0761 e. The average molecular weight is 404 g/mol. The molecule has 158 valence electrons. The third-order valence-electron chi connectivity index (χ3n) is 6.72. The van der Waals surface area contributed by atoms with Crippen molar-refractivity contribution < 1.29 is 10.2 Å². The van der Waals surface area contributed by atoms with E-state index in [0.717, 1.165) is 30.4 Å². The second-order valence-corrected chi connectivity index (χ2v) is 9.08. The molecule has 0 aliphatic heterocycles. The summed E-state index contributed by atoms with van der Waals surface area (Å²) in [6, 6.07) is 16.8. The topological polar surface area (TPSA) is 66.5 Å². The van der Waals surface area contributed by atoms with Crippen LogP contribution in [0.2, 0.25) is 0 Å². The smallest absolute Gasteiger partial charge is 0.0761 e. The van der Waals surface area contributed by atoms with Crippen LogP contribution in [0.25, 0.3) is 0 Å². The van der Waals surface area contributed by atoms with E-state index in [-0.39, 0.29) is 12.0 Å². The molecule has 0 amide bonds. The van der Waals surface area contributed by atoms with Crippen molar-refractivity contribution in [3.63, 3.8) is 0 Å². The fourth-order valence-corrected chi connectivity index (χ4v) is 5.20. The van der Waals surface area contributed by atoms with E-state index in [2.05, 4.69) is 61.5 Å². The Hall–Kier alpha value is -2.20. The van der Waals surface area contributed by atoms with Crippen LogP contribution in [0.15, 0.2) is 72.3 Å². The van der Waals surface area contributed by atoms with Gasteiger partial charge in [-0.3, -0.25) is 0 Å². The summed E-state index contributed by atoms with van der Waals surface area (Å²) in [7, 11) is 0. The summed E-state index contributed by atoms with van der Waals surface area (Å²) in [6.45, 7) is 2.65. The van der Waals surface area contributed by atoms with Gasteiger partial charge in [-0.15, -0.1) is 0 Å². The molecule has 3 nitrogen and oxygen atoms in total. The summed E-state index contributed by atoms with van der Waals surface area (Å²) < 4.78 is 0. The fraction of sp³-hybridized carbons (Fsp3) is 0.407. The van der Waals surface area contributed by atoms with Crippen molar-refractivity contribution in [1.82, 2.24) is 0 Å². The predicted molar refractivity (Wildman–Crippen MR) is 122 cm³/mol. The van der Waals surface area contributed by atoms with E-state index in [4.69, 9.17) is 5.73 Å². The molecule has 0 heterocycles. The molecule has 1 saturated carbocycles. The predicted octanol–water partition coefficient (Wildman–Crippen LogP) is 4.10. The molecule has 2 aromatic carbocycles. The maximum atomic E-state index is 10.6. The van der Waals surface area contributed by atoms with Crippen molar-refractivity contribution in [2.24, 2.45) is 23.5 Å². The van der Waals surface area contributed by atoms with Gasteiger partial charge in [-0.1, -0.05) is 77.9 Å². The summed E-state index contributed by atoms with van der Waals surface area (Å²) >= 11 is 0. The van der Waals surface area contributed by atoms with Gasteiger partial charge in [-0.05, 0) is 54.7 Å². The Morgan fingerprint density at radius 3 is 2.60 bits per heavy atom. The first kappa shape index (κ1) is 21.0. The first-order valence-corrected chi connectivity index (χ1v) is 11.1. The molecule has 0 saturated heterocycles. The van der Waals surface area contributed by atoms with Crippen LogP contribution >= 0.6 is 0 Å². The lowest BCUT2D eigenvalue weighted by Crippen LogP contribution is -2.18. The van der Waals surface area contributed by atoms with Gasteiger partial charge in [-0.25, -0.2) is 0 Å². The number of aryl methyl sites for hydroxylation is 1. The highest BCUT2D eigenvalue weighted by atomic mass is 16.3. The van der Waals surface area contributed by atoms with Crippen LogP contribution in [0.5, 0.6) is 0 Å². The number of rotatable bonds is 7. The summed E-state index contributed by atoms with van der Waals surface area (Å²) in [5.41, 5.74) is 12.0. The molecule has 0 unspecified atom stereocenters. The monoisotopic (exact) mass is 403 g/mol. The van der Waals surface area contributed by atoms with Gasteiger partial charge >= 0.3 is 0 Å².